The number of hydrogen-bond donors (Lipinski definition) is 1. The fraction of sp³-hybridized carbons (Fsp3) is 0.333. The summed E-state index contributed by atoms with van der Waals surface area (Å²) in [7, 11) is 0. The van der Waals surface area contributed by atoms with Crippen molar-refractivity contribution < 1.29 is 57.2 Å². The number of nitrogens with zero attached hydrogens (tertiary/aromatic N) is 4. The molecule has 0 aliphatic carbocycles. The minimum atomic E-state index is -1.38. The van der Waals surface area contributed by atoms with Gasteiger partial charge in [-0.25, -0.2) is 19.2 Å². The summed E-state index contributed by atoms with van der Waals surface area (Å²) in [5.74, 6) is -2.43. The zero-order valence-corrected chi connectivity index (χ0v) is 47.7. The molecule has 0 radical (unpaired) electrons. The van der Waals surface area contributed by atoms with Crippen LogP contribution in [0.4, 0.5) is 26.7 Å². The zero-order chi connectivity index (χ0) is 58.7. The van der Waals surface area contributed by atoms with Crippen molar-refractivity contribution >= 4 is 74.7 Å². The fourth-order valence-corrected chi connectivity index (χ4v) is 11.4. The summed E-state index contributed by atoms with van der Waals surface area (Å²) < 4.78 is 33.6. The minimum absolute atomic E-state index is 0.0460. The molecule has 6 atom stereocenters. The molecule has 17 nitrogen and oxygen atoms in total. The Hall–Kier alpha value is -9.12. The van der Waals surface area contributed by atoms with Gasteiger partial charge in [0.2, 0.25) is 12.6 Å². The number of fused-ring (bicyclic) bond motifs is 2. The molecule has 2 aliphatic heterocycles. The topological polar surface area (TPSA) is 197 Å². The molecule has 83 heavy (non-hydrogen) atoms. The monoisotopic (exact) mass is 1130 g/mol. The first kappa shape index (κ1) is 58.5. The molecule has 7 aromatic rings. The Labute approximate surface area is 483 Å². The van der Waals surface area contributed by atoms with Crippen LogP contribution in [0.5, 0.6) is 0 Å². The average Bonchev–Trinajstić information content (AvgIpc) is 4.41. The van der Waals surface area contributed by atoms with E-state index in [-0.39, 0.29) is 53.7 Å². The molecule has 7 aromatic carbocycles. The van der Waals surface area contributed by atoms with E-state index in [0.29, 0.717) is 52.2 Å². The highest BCUT2D eigenvalue weighted by molar-refractivity contribution is 5.97. The number of amides is 2. The molecule has 0 saturated carbocycles. The highest BCUT2D eigenvalue weighted by Gasteiger charge is 2.39. The molecule has 2 heterocycles. The number of nitrogens with two attached hydrogens (primary N) is 1. The van der Waals surface area contributed by atoms with E-state index in [1.807, 2.05) is 147 Å². The summed E-state index contributed by atoms with van der Waals surface area (Å²) in [4.78, 5) is 88.9. The van der Waals surface area contributed by atoms with Crippen molar-refractivity contribution in [3.63, 3.8) is 0 Å². The molecule has 17 heteroatoms. The van der Waals surface area contributed by atoms with Gasteiger partial charge < -0.3 is 44.0 Å². The SMILES string of the molecule is CCOC(=O)Cc1ccc(N2CC[C@H](N(C(=O)OC(C)OC(=O)c3cc(N)cc(C(=O)OC(C)OC(=O)N([C@H]4CCN(c5ccc(CC(=O)OCC)cc5)C4)[C@H](C)c4cccc5ccccc45)c3)[C@H](C)c3cccc4ccccc34)C2)cc1. The van der Waals surface area contributed by atoms with Gasteiger partial charge >= 0.3 is 36.1 Å². The second kappa shape index (κ2) is 26.6. The Bertz CT molecular complexity index is 3230. The lowest BCUT2D eigenvalue weighted by Crippen LogP contribution is -2.45. The fourth-order valence-electron chi connectivity index (χ4n) is 11.4. The van der Waals surface area contributed by atoms with Gasteiger partial charge in [-0.3, -0.25) is 19.4 Å². The normalized spacial score (nSPS) is 16.3. The van der Waals surface area contributed by atoms with Crippen molar-refractivity contribution in [3.05, 3.63) is 185 Å². The third-order valence-corrected chi connectivity index (χ3v) is 15.3. The maximum Gasteiger partial charge on any atom is 0.413 e. The van der Waals surface area contributed by atoms with Gasteiger partial charge in [0, 0.05) is 57.1 Å². The number of rotatable bonds is 20. The Morgan fingerprint density at radius 2 is 0.892 bits per heavy atom. The van der Waals surface area contributed by atoms with E-state index in [4.69, 9.17) is 34.2 Å². The smallest absolute Gasteiger partial charge is 0.413 e. The number of nitrogen functional groups attached to an aromatic ring is 1. The van der Waals surface area contributed by atoms with Gasteiger partial charge in [0.15, 0.2) is 0 Å². The Morgan fingerprint density at radius 1 is 0.506 bits per heavy atom. The molecule has 2 fully saturated rings. The Morgan fingerprint density at radius 3 is 1.29 bits per heavy atom. The first-order valence-corrected chi connectivity index (χ1v) is 28.3. The lowest BCUT2D eigenvalue weighted by atomic mass is 9.97. The molecular weight excluding hydrogens is 1050 g/mol. The lowest BCUT2D eigenvalue weighted by Gasteiger charge is -2.35. The van der Waals surface area contributed by atoms with Crippen LogP contribution in [0.15, 0.2) is 152 Å². The molecule has 0 bridgehead atoms. The lowest BCUT2D eigenvalue weighted by molar-refractivity contribution is -0.143. The molecule has 2 amide bonds. The Kier molecular flexibility index (Phi) is 18.8. The highest BCUT2D eigenvalue weighted by atomic mass is 16.7. The molecular formula is C66H71N5O12. The first-order chi connectivity index (χ1) is 40.1. The molecule has 2 N–H and O–H groups in total. The number of ether oxygens (including phenoxy) is 6. The molecule has 9 rings (SSSR count). The van der Waals surface area contributed by atoms with Crippen LogP contribution in [0, 0.1) is 0 Å². The molecule has 0 spiro atoms. The van der Waals surface area contributed by atoms with Crippen LogP contribution < -0.4 is 15.5 Å². The summed E-state index contributed by atoms with van der Waals surface area (Å²) in [6, 6.07) is 45.6. The summed E-state index contributed by atoms with van der Waals surface area (Å²) in [6.45, 7) is 13.2. The average molecular weight is 1130 g/mol. The van der Waals surface area contributed by atoms with Gasteiger partial charge in [-0.2, -0.15) is 0 Å². The van der Waals surface area contributed by atoms with Crippen LogP contribution in [0.3, 0.4) is 0 Å². The van der Waals surface area contributed by atoms with E-state index in [2.05, 4.69) is 9.80 Å². The minimum Gasteiger partial charge on any atom is -0.466 e. The summed E-state index contributed by atoms with van der Waals surface area (Å²) >= 11 is 0. The van der Waals surface area contributed by atoms with Gasteiger partial charge in [-0.1, -0.05) is 109 Å². The number of anilines is 3. The van der Waals surface area contributed by atoms with E-state index in [1.54, 1.807) is 23.6 Å². The van der Waals surface area contributed by atoms with E-state index >= 15 is 0 Å². The second-order valence-corrected chi connectivity index (χ2v) is 20.9. The number of hydrogen-bond acceptors (Lipinski definition) is 15. The van der Waals surface area contributed by atoms with Gasteiger partial charge in [0.25, 0.3) is 0 Å². The maximum absolute atomic E-state index is 14.6. The number of carbonyl (C=O) groups is 6. The number of esters is 4. The summed E-state index contributed by atoms with van der Waals surface area (Å²) in [5.41, 5.74) is 11.5. The van der Waals surface area contributed by atoms with E-state index in [0.717, 1.165) is 55.2 Å². The third-order valence-electron chi connectivity index (χ3n) is 15.3. The molecule has 432 valence electrons. The predicted molar refractivity (Wildman–Crippen MR) is 317 cm³/mol. The summed E-state index contributed by atoms with van der Waals surface area (Å²) in [5, 5.41) is 3.99. The zero-order valence-electron chi connectivity index (χ0n) is 47.7. The maximum atomic E-state index is 14.6. The van der Waals surface area contributed by atoms with Crippen molar-refractivity contribution in [2.75, 3.05) is 54.9 Å². The van der Waals surface area contributed by atoms with Crippen LogP contribution >= 0.6 is 0 Å². The Balaban J connectivity index is 0.863. The van der Waals surface area contributed by atoms with Crippen LogP contribution in [0.2, 0.25) is 0 Å². The molecule has 2 aliphatic rings. The number of carbonyl (C=O) groups excluding carboxylic acids is 6. The van der Waals surface area contributed by atoms with Crippen molar-refractivity contribution in [2.24, 2.45) is 0 Å². The molecule has 0 aromatic heterocycles. The molecule has 2 saturated heterocycles. The van der Waals surface area contributed by atoms with E-state index in [9.17, 15) is 28.8 Å². The van der Waals surface area contributed by atoms with Crippen molar-refractivity contribution in [3.8, 4) is 0 Å². The largest absolute Gasteiger partial charge is 0.466 e. The van der Waals surface area contributed by atoms with Gasteiger partial charge in [0.05, 0.1) is 61.3 Å². The molecule has 2 unspecified atom stereocenters. The van der Waals surface area contributed by atoms with Crippen LogP contribution in [0.1, 0.15) is 109 Å². The van der Waals surface area contributed by atoms with Gasteiger partial charge in [-0.05, 0) is 127 Å². The van der Waals surface area contributed by atoms with Crippen LogP contribution in [-0.4, -0.2) is 110 Å². The van der Waals surface area contributed by atoms with Crippen LogP contribution in [0.25, 0.3) is 21.5 Å². The quantitative estimate of drug-likeness (QED) is 0.0327. The van der Waals surface area contributed by atoms with Crippen LogP contribution in [-0.2, 0) is 50.9 Å². The van der Waals surface area contributed by atoms with Crippen molar-refractivity contribution in [1.82, 2.24) is 9.80 Å². The summed E-state index contributed by atoms with van der Waals surface area (Å²) in [6.07, 6.45) is -2.60. The predicted octanol–water partition coefficient (Wildman–Crippen LogP) is 11.7. The second-order valence-electron chi connectivity index (χ2n) is 20.9. The van der Waals surface area contributed by atoms with Gasteiger partial charge in [-0.15, -0.1) is 0 Å². The van der Waals surface area contributed by atoms with Crippen molar-refractivity contribution in [1.29, 1.82) is 0 Å². The highest BCUT2D eigenvalue weighted by Crippen LogP contribution is 2.36. The van der Waals surface area contributed by atoms with E-state index in [1.165, 1.54) is 32.0 Å². The standard InChI is InChI=1S/C66H71N5O12/c1-7-78-61(72)35-46-23-27-53(28-24-46)68-33-31-55(40-68)70(42(3)57-21-13-17-48-15-9-11-19-59(48)57)65(76)82-44(5)80-63(74)50-37-51(39-52(67)38-50)64(75)81-45(6)83-66(77)71(43(4)58-22-14-18-49-16-10-12-20-60(49)58)56-32-34-69(41-56)54-29-25-47(26-30-54)36-62(73)79-8-2/h9-30,37-39,42-45,55-56H,7-8,31-36,40-41,67H2,1-6H3/t42-,43-,44?,45?,55+,56+/m1/s1. The first-order valence-electron chi connectivity index (χ1n) is 28.3. The van der Waals surface area contributed by atoms with Crippen molar-refractivity contribution in [2.45, 2.75) is 104 Å². The number of benzene rings is 7. The van der Waals surface area contributed by atoms with E-state index < -0.39 is 48.8 Å². The third kappa shape index (κ3) is 14.1. The van der Waals surface area contributed by atoms with Gasteiger partial charge in [0.1, 0.15) is 0 Å².